The molecule has 3 aromatic rings. The molecule has 3 aromatic carbocycles. The van der Waals surface area contributed by atoms with Crippen LogP contribution in [0.2, 0.25) is 0 Å². The van der Waals surface area contributed by atoms with Crippen LogP contribution in [-0.4, -0.2) is 82.2 Å². The van der Waals surface area contributed by atoms with Gasteiger partial charge < -0.3 is 9.64 Å². The molecule has 4 rings (SSSR count). The third-order valence-corrected chi connectivity index (χ3v) is 11.1. The van der Waals surface area contributed by atoms with Crippen molar-refractivity contribution < 1.29 is 30.8 Å². The van der Waals surface area contributed by atoms with Gasteiger partial charge >= 0.3 is 0 Å². The Bertz CT molecular complexity index is 1540. The molecule has 42 heavy (non-hydrogen) atoms. The summed E-state index contributed by atoms with van der Waals surface area (Å²) >= 11 is 0. The molecule has 0 unspecified atom stereocenters. The summed E-state index contributed by atoms with van der Waals surface area (Å²) in [6.07, 6.45) is 0.725. The molecule has 226 valence electrons. The molecular formula is C30H36FN3O6S2. The van der Waals surface area contributed by atoms with Crippen LogP contribution in [0.5, 0.6) is 0 Å². The van der Waals surface area contributed by atoms with Crippen LogP contribution in [-0.2, 0) is 36.1 Å². The largest absolute Gasteiger partial charge is 0.383 e. The van der Waals surface area contributed by atoms with Gasteiger partial charge in [0.15, 0.2) is 0 Å². The summed E-state index contributed by atoms with van der Waals surface area (Å²) in [5.74, 6) is -0.905. The lowest BCUT2D eigenvalue weighted by Crippen LogP contribution is -2.51. The van der Waals surface area contributed by atoms with E-state index in [1.165, 1.54) is 35.7 Å². The topological polar surface area (TPSA) is 104 Å². The molecule has 0 bridgehead atoms. The molecule has 0 atom stereocenters. The zero-order valence-electron chi connectivity index (χ0n) is 23.7. The molecule has 0 saturated carbocycles. The number of benzene rings is 3. The third-order valence-electron chi connectivity index (χ3n) is 7.35. The molecule has 1 fully saturated rings. The molecule has 12 heteroatoms. The second kappa shape index (κ2) is 13.9. The van der Waals surface area contributed by atoms with E-state index in [0.717, 1.165) is 27.6 Å². The normalized spacial score (nSPS) is 15.1. The van der Waals surface area contributed by atoms with Crippen molar-refractivity contribution in [2.45, 2.75) is 42.1 Å². The van der Waals surface area contributed by atoms with Gasteiger partial charge in [0.2, 0.25) is 26.0 Å². The highest BCUT2D eigenvalue weighted by Crippen LogP contribution is 2.26. The maximum absolute atomic E-state index is 13.9. The quantitative estimate of drug-likeness (QED) is 0.307. The highest BCUT2D eigenvalue weighted by atomic mass is 32.2. The Balaban J connectivity index is 1.56. The van der Waals surface area contributed by atoms with Gasteiger partial charge in [-0.05, 0) is 61.7 Å². The summed E-state index contributed by atoms with van der Waals surface area (Å²) in [5.41, 5.74) is 1.94. The summed E-state index contributed by atoms with van der Waals surface area (Å²) in [7, 11) is -6.35. The van der Waals surface area contributed by atoms with E-state index in [1.54, 1.807) is 23.1 Å². The van der Waals surface area contributed by atoms with Crippen molar-refractivity contribution >= 4 is 26.0 Å². The van der Waals surface area contributed by atoms with E-state index >= 15 is 0 Å². The molecule has 1 heterocycles. The fourth-order valence-electron chi connectivity index (χ4n) is 4.92. The minimum atomic E-state index is -3.98. The molecule has 9 nitrogen and oxygen atoms in total. The molecule has 0 spiro atoms. The van der Waals surface area contributed by atoms with E-state index < -0.39 is 25.9 Å². The first-order chi connectivity index (χ1) is 20.0. The first-order valence-electron chi connectivity index (χ1n) is 13.7. The highest BCUT2D eigenvalue weighted by Gasteiger charge is 2.35. The van der Waals surface area contributed by atoms with E-state index in [2.05, 4.69) is 0 Å². The monoisotopic (exact) mass is 617 g/mol. The van der Waals surface area contributed by atoms with Crippen LogP contribution in [0.4, 0.5) is 4.39 Å². The van der Waals surface area contributed by atoms with E-state index in [0.29, 0.717) is 12.8 Å². The molecule has 0 aromatic heterocycles. The van der Waals surface area contributed by atoms with Gasteiger partial charge in [-0.25, -0.2) is 21.2 Å². The zero-order valence-corrected chi connectivity index (χ0v) is 25.4. The van der Waals surface area contributed by atoms with E-state index in [9.17, 15) is 26.0 Å². The van der Waals surface area contributed by atoms with Crippen molar-refractivity contribution in [3.05, 3.63) is 95.8 Å². The Morgan fingerprint density at radius 1 is 0.905 bits per heavy atom. The number of methoxy groups -OCH3 is 1. The minimum Gasteiger partial charge on any atom is -0.383 e. The third kappa shape index (κ3) is 7.61. The van der Waals surface area contributed by atoms with Crippen LogP contribution >= 0.6 is 0 Å². The van der Waals surface area contributed by atoms with Crippen LogP contribution in [0.1, 0.15) is 24.0 Å². The summed E-state index contributed by atoms with van der Waals surface area (Å²) in [5, 5.41) is 0. The lowest BCUT2D eigenvalue weighted by molar-refractivity contribution is -0.135. The fraction of sp³-hybridized carbons (Fsp3) is 0.367. The van der Waals surface area contributed by atoms with Crippen molar-refractivity contribution in [3.63, 3.8) is 0 Å². The fourth-order valence-corrected chi connectivity index (χ4v) is 7.79. The lowest BCUT2D eigenvalue weighted by atomic mass is 10.0. The molecule has 1 saturated heterocycles. The molecule has 1 amide bonds. The smallest absolute Gasteiger partial charge is 0.243 e. The molecular weight excluding hydrogens is 581 g/mol. The average Bonchev–Trinajstić information content (AvgIpc) is 2.99. The first kappa shape index (κ1) is 31.8. The zero-order chi connectivity index (χ0) is 30.3. The second-order valence-electron chi connectivity index (χ2n) is 10.2. The van der Waals surface area contributed by atoms with Crippen molar-refractivity contribution in [3.8, 4) is 0 Å². The Hall–Kier alpha value is -3.16. The summed E-state index contributed by atoms with van der Waals surface area (Å²) in [6, 6.07) is 20.1. The number of amides is 1. The number of piperidine rings is 1. The number of hydrogen-bond donors (Lipinski definition) is 0. The Kier molecular flexibility index (Phi) is 10.5. The van der Waals surface area contributed by atoms with E-state index in [1.807, 2.05) is 31.2 Å². The predicted octanol–water partition coefficient (Wildman–Crippen LogP) is 3.65. The van der Waals surface area contributed by atoms with Crippen molar-refractivity contribution in [1.29, 1.82) is 0 Å². The van der Waals surface area contributed by atoms with Crippen LogP contribution in [0.25, 0.3) is 0 Å². The van der Waals surface area contributed by atoms with Gasteiger partial charge in [0.05, 0.1) is 22.9 Å². The van der Waals surface area contributed by atoms with Gasteiger partial charge in [0, 0.05) is 39.3 Å². The number of hydrogen-bond acceptors (Lipinski definition) is 6. The maximum Gasteiger partial charge on any atom is 0.243 e. The maximum atomic E-state index is 13.9. The summed E-state index contributed by atoms with van der Waals surface area (Å²) in [6.45, 7) is 2.25. The van der Waals surface area contributed by atoms with Gasteiger partial charge in [0.1, 0.15) is 5.82 Å². The summed E-state index contributed by atoms with van der Waals surface area (Å²) in [4.78, 5) is 15.7. The van der Waals surface area contributed by atoms with Crippen LogP contribution in [0.3, 0.4) is 0 Å². The summed E-state index contributed by atoms with van der Waals surface area (Å²) < 4.78 is 74.3. The van der Waals surface area contributed by atoms with Gasteiger partial charge in [-0.2, -0.15) is 8.61 Å². The van der Waals surface area contributed by atoms with Crippen LogP contribution < -0.4 is 0 Å². The van der Waals surface area contributed by atoms with E-state index in [-0.39, 0.29) is 61.1 Å². The molecule has 1 aliphatic rings. The van der Waals surface area contributed by atoms with Crippen molar-refractivity contribution in [2.75, 3.05) is 39.9 Å². The highest BCUT2D eigenvalue weighted by molar-refractivity contribution is 7.89. The molecule has 0 N–H and O–H groups in total. The van der Waals surface area contributed by atoms with E-state index in [4.69, 9.17) is 4.74 Å². The predicted molar refractivity (Wildman–Crippen MR) is 157 cm³/mol. The average molecular weight is 618 g/mol. The molecule has 0 aliphatic carbocycles. The van der Waals surface area contributed by atoms with Gasteiger partial charge in [-0.1, -0.05) is 48.0 Å². The standard InChI is InChI=1S/C30H36FN3O6S2/c1-24-8-10-25(11-9-24)22-34(27-16-18-32(19-17-27)41(36,37)29-14-12-26(31)13-15-29)30(35)23-33(20-21-40-2)42(38,39)28-6-4-3-5-7-28/h3-15,27H,16-23H2,1-2H3. The Labute approximate surface area is 247 Å². The lowest BCUT2D eigenvalue weighted by Gasteiger charge is -2.39. The number of aryl methyl sites for hydroxylation is 1. The van der Waals surface area contributed by atoms with Crippen molar-refractivity contribution in [1.82, 2.24) is 13.5 Å². The van der Waals surface area contributed by atoms with Gasteiger partial charge in [-0.3, -0.25) is 4.79 Å². The number of rotatable bonds is 12. The number of halogens is 1. The first-order valence-corrected chi connectivity index (χ1v) is 16.6. The SMILES string of the molecule is COCCN(CC(=O)N(Cc1ccc(C)cc1)C1CCN(S(=O)(=O)c2ccc(F)cc2)CC1)S(=O)(=O)c1ccccc1. The number of carbonyl (C=O) groups is 1. The number of nitrogens with zero attached hydrogens (tertiary/aromatic N) is 3. The van der Waals surface area contributed by atoms with Gasteiger partial charge in [-0.15, -0.1) is 0 Å². The Morgan fingerprint density at radius 3 is 2.12 bits per heavy atom. The van der Waals surface area contributed by atoms with Crippen molar-refractivity contribution in [2.24, 2.45) is 0 Å². The van der Waals surface area contributed by atoms with Crippen LogP contribution in [0, 0.1) is 12.7 Å². The number of ether oxygens (including phenoxy) is 1. The van der Waals surface area contributed by atoms with Crippen LogP contribution in [0.15, 0.2) is 88.7 Å². The molecule has 0 radical (unpaired) electrons. The number of sulfonamides is 2. The number of carbonyl (C=O) groups excluding carboxylic acids is 1. The second-order valence-corrected chi connectivity index (χ2v) is 14.1. The minimum absolute atomic E-state index is 0.00774. The Morgan fingerprint density at radius 2 is 1.52 bits per heavy atom. The molecule has 1 aliphatic heterocycles. The van der Waals surface area contributed by atoms with Gasteiger partial charge in [0.25, 0.3) is 0 Å².